The van der Waals surface area contributed by atoms with Gasteiger partial charge in [-0.2, -0.15) is 20.3 Å². The molecular weight excluding hydrogens is 530 g/mol. The van der Waals surface area contributed by atoms with Gasteiger partial charge >= 0.3 is 6.01 Å². The normalized spacial score (nSPS) is 19.4. The fourth-order valence-corrected chi connectivity index (χ4v) is 6.17. The molecule has 0 spiro atoms. The van der Waals surface area contributed by atoms with Crippen LogP contribution in [0.1, 0.15) is 30.4 Å². The van der Waals surface area contributed by atoms with E-state index < -0.39 is 0 Å². The second kappa shape index (κ2) is 11.4. The number of aryl methyl sites for hydroxylation is 1. The van der Waals surface area contributed by atoms with Crippen molar-refractivity contribution in [3.8, 4) is 23.3 Å². The lowest BCUT2D eigenvalue weighted by atomic mass is 9.96. The van der Waals surface area contributed by atoms with Gasteiger partial charge in [-0.1, -0.05) is 6.58 Å². The van der Waals surface area contributed by atoms with E-state index in [9.17, 15) is 10.1 Å². The summed E-state index contributed by atoms with van der Waals surface area (Å²) in [5, 5.41) is 18.6. The summed E-state index contributed by atoms with van der Waals surface area (Å²) in [5.74, 6) is 0.523. The zero-order valence-corrected chi connectivity index (χ0v) is 24.3. The van der Waals surface area contributed by atoms with E-state index in [-0.39, 0.29) is 24.4 Å². The third-order valence-corrected chi connectivity index (χ3v) is 8.68. The van der Waals surface area contributed by atoms with Crippen molar-refractivity contribution in [2.75, 3.05) is 44.7 Å². The number of benzene rings is 1. The number of anilines is 1. The van der Waals surface area contributed by atoms with Gasteiger partial charge in [-0.15, -0.1) is 0 Å². The Bertz CT molecular complexity index is 1710. The number of nitrogens with one attached hydrogen (secondary N) is 1. The van der Waals surface area contributed by atoms with Crippen molar-refractivity contribution >= 4 is 33.7 Å². The number of carbonyl (C=O) groups excluding carboxylic acids is 1. The van der Waals surface area contributed by atoms with Crippen molar-refractivity contribution < 1.29 is 9.53 Å². The van der Waals surface area contributed by atoms with Gasteiger partial charge in [0.15, 0.2) is 5.65 Å². The molecule has 11 heteroatoms. The number of aromatic nitrogens is 5. The predicted octanol–water partition coefficient (Wildman–Crippen LogP) is 3.77. The fraction of sp³-hybridized carbons (Fsp3) is 0.419. The Morgan fingerprint density at radius 1 is 1.19 bits per heavy atom. The Kier molecular flexibility index (Phi) is 7.47. The number of likely N-dealkylation sites (N-methyl/N-ethyl adjacent to an activating group) is 1. The molecule has 2 aliphatic rings. The first kappa shape index (κ1) is 27.6. The number of nitrogens with zero attached hydrogens (tertiary/aromatic N) is 8. The number of piperazine rings is 1. The average Bonchev–Trinajstić information content (AvgIpc) is 3.63. The van der Waals surface area contributed by atoms with E-state index >= 15 is 0 Å². The summed E-state index contributed by atoms with van der Waals surface area (Å²) in [4.78, 5) is 33.4. The number of carbonyl (C=O) groups is 1. The Morgan fingerprint density at radius 2 is 2.05 bits per heavy atom. The molecule has 1 N–H and O–H groups in total. The van der Waals surface area contributed by atoms with Gasteiger partial charge in [0.2, 0.25) is 5.91 Å². The first-order valence-electron chi connectivity index (χ1n) is 14.4. The minimum atomic E-state index is -0.285. The molecule has 0 unspecified atom stereocenters. The number of pyridine rings is 1. The summed E-state index contributed by atoms with van der Waals surface area (Å²) in [6, 6.07) is 8.65. The molecule has 2 fully saturated rings. The molecular formula is C31H35N9O2. The summed E-state index contributed by atoms with van der Waals surface area (Å²) >= 11 is 0. The van der Waals surface area contributed by atoms with E-state index in [4.69, 9.17) is 19.7 Å². The van der Waals surface area contributed by atoms with E-state index in [0.29, 0.717) is 43.7 Å². The number of rotatable bonds is 7. The number of likely N-dealkylation sites (tertiary alicyclic amines) is 1. The molecule has 2 atom stereocenters. The Hall–Kier alpha value is -4.56. The lowest BCUT2D eigenvalue weighted by Gasteiger charge is -2.41. The highest BCUT2D eigenvalue weighted by atomic mass is 16.5. The number of hydrogen-bond acceptors (Lipinski definition) is 9. The van der Waals surface area contributed by atoms with Gasteiger partial charge in [0, 0.05) is 36.6 Å². The van der Waals surface area contributed by atoms with E-state index in [2.05, 4.69) is 59.6 Å². The van der Waals surface area contributed by atoms with Gasteiger partial charge in [0.1, 0.15) is 12.4 Å². The molecule has 42 heavy (non-hydrogen) atoms. The standard InChI is InChI=1S/C31H35N9O2/c1-5-27(41)40-14-13-39(17-21(40)10-11-32)30-23-8-9-25(28-20(3)19(2)15-26-24(28)16-33-37-26)34-29(23)35-31(36-30)42-18-22-7-6-12-38(22)4/h5,8-9,15-16,21-22H,1,6-7,10,12-14,17-18H2,2-4H3,(H,33,37)/t21-,22-/m0/s1. The van der Waals surface area contributed by atoms with Gasteiger partial charge in [-0.05, 0) is 75.7 Å². The molecule has 11 nitrogen and oxygen atoms in total. The van der Waals surface area contributed by atoms with Gasteiger partial charge in [-0.3, -0.25) is 9.89 Å². The highest BCUT2D eigenvalue weighted by Gasteiger charge is 2.31. The minimum absolute atomic E-state index is 0.169. The third-order valence-electron chi connectivity index (χ3n) is 8.68. The lowest BCUT2D eigenvalue weighted by molar-refractivity contribution is -0.128. The van der Waals surface area contributed by atoms with E-state index in [1.54, 1.807) is 4.90 Å². The molecule has 5 heterocycles. The van der Waals surface area contributed by atoms with Gasteiger partial charge in [-0.25, -0.2) is 4.98 Å². The maximum atomic E-state index is 12.5. The molecule has 0 saturated carbocycles. The van der Waals surface area contributed by atoms with Gasteiger partial charge in [0.25, 0.3) is 0 Å². The van der Waals surface area contributed by atoms with Crippen LogP contribution in [0.2, 0.25) is 0 Å². The average molecular weight is 566 g/mol. The molecule has 2 saturated heterocycles. The van der Waals surface area contributed by atoms with Crippen LogP contribution in [0.3, 0.4) is 0 Å². The van der Waals surface area contributed by atoms with Crippen LogP contribution < -0.4 is 9.64 Å². The zero-order chi connectivity index (χ0) is 29.4. The van der Waals surface area contributed by atoms with Crippen molar-refractivity contribution in [1.82, 2.24) is 34.9 Å². The number of amides is 1. The molecule has 0 radical (unpaired) electrons. The van der Waals surface area contributed by atoms with E-state index in [1.807, 2.05) is 18.3 Å². The molecule has 0 aliphatic carbocycles. The number of hydrogen-bond donors (Lipinski definition) is 1. The van der Waals surface area contributed by atoms with E-state index in [1.165, 1.54) is 6.08 Å². The second-order valence-electron chi connectivity index (χ2n) is 11.2. The first-order chi connectivity index (χ1) is 20.4. The van der Waals surface area contributed by atoms with Crippen molar-refractivity contribution in [1.29, 1.82) is 5.26 Å². The summed E-state index contributed by atoms with van der Waals surface area (Å²) in [6.45, 7) is 10.8. The highest BCUT2D eigenvalue weighted by molar-refractivity contribution is 5.98. The van der Waals surface area contributed by atoms with Gasteiger partial charge < -0.3 is 19.4 Å². The van der Waals surface area contributed by atoms with Crippen LogP contribution in [-0.4, -0.2) is 92.8 Å². The molecule has 2 aliphatic heterocycles. The third kappa shape index (κ3) is 5.03. The smallest absolute Gasteiger partial charge is 0.320 e. The number of fused-ring (bicyclic) bond motifs is 2. The largest absolute Gasteiger partial charge is 0.462 e. The highest BCUT2D eigenvalue weighted by Crippen LogP contribution is 2.35. The first-order valence-corrected chi connectivity index (χ1v) is 14.4. The van der Waals surface area contributed by atoms with E-state index in [0.717, 1.165) is 58.1 Å². The van der Waals surface area contributed by atoms with Crippen molar-refractivity contribution in [3.63, 3.8) is 0 Å². The van der Waals surface area contributed by atoms with Crippen molar-refractivity contribution in [2.45, 2.75) is 45.2 Å². The van der Waals surface area contributed by atoms with Crippen LogP contribution >= 0.6 is 0 Å². The van der Waals surface area contributed by atoms with Crippen molar-refractivity contribution in [3.05, 3.63) is 48.2 Å². The minimum Gasteiger partial charge on any atom is -0.462 e. The zero-order valence-electron chi connectivity index (χ0n) is 24.3. The lowest BCUT2D eigenvalue weighted by Crippen LogP contribution is -2.55. The molecule has 0 bridgehead atoms. The number of H-pyrrole nitrogens is 1. The maximum absolute atomic E-state index is 12.5. The molecule has 6 rings (SSSR count). The Morgan fingerprint density at radius 3 is 2.81 bits per heavy atom. The van der Waals surface area contributed by atoms with Crippen LogP contribution in [0.5, 0.6) is 6.01 Å². The van der Waals surface area contributed by atoms with Crippen molar-refractivity contribution in [2.24, 2.45) is 0 Å². The molecule has 3 aromatic heterocycles. The predicted molar refractivity (Wildman–Crippen MR) is 161 cm³/mol. The second-order valence-corrected chi connectivity index (χ2v) is 11.2. The number of ether oxygens (including phenoxy) is 1. The van der Waals surface area contributed by atoms with Crippen LogP contribution in [0.15, 0.2) is 37.1 Å². The van der Waals surface area contributed by atoms with Crippen LogP contribution in [-0.2, 0) is 4.79 Å². The van der Waals surface area contributed by atoms with Gasteiger partial charge in [0.05, 0.1) is 41.3 Å². The number of aromatic amines is 1. The topological polar surface area (TPSA) is 127 Å². The SMILES string of the molecule is C=CC(=O)N1CCN(c2nc(OC[C@@H]3CCCN3C)nc3nc(-c4c(C)c(C)cc5[nH]ncc45)ccc23)C[C@@H]1CC#N. The summed E-state index contributed by atoms with van der Waals surface area (Å²) in [7, 11) is 2.11. The fourth-order valence-electron chi connectivity index (χ4n) is 6.17. The molecule has 216 valence electrons. The maximum Gasteiger partial charge on any atom is 0.320 e. The monoisotopic (exact) mass is 565 g/mol. The molecule has 1 aromatic carbocycles. The number of nitriles is 1. The quantitative estimate of drug-likeness (QED) is 0.333. The van der Waals surface area contributed by atoms with Crippen LogP contribution in [0, 0.1) is 25.2 Å². The molecule has 1 amide bonds. The molecule has 4 aromatic rings. The van der Waals surface area contributed by atoms with Crippen LogP contribution in [0.25, 0.3) is 33.2 Å². The summed E-state index contributed by atoms with van der Waals surface area (Å²) in [5.41, 5.74) is 5.58. The summed E-state index contributed by atoms with van der Waals surface area (Å²) < 4.78 is 6.22. The summed E-state index contributed by atoms with van der Waals surface area (Å²) in [6.07, 6.45) is 5.57. The van der Waals surface area contributed by atoms with Crippen LogP contribution in [0.4, 0.5) is 5.82 Å². The Balaban J connectivity index is 1.43. The Labute approximate surface area is 244 Å².